The van der Waals surface area contributed by atoms with E-state index in [0.717, 1.165) is 12.8 Å². The molecular weight excluding hydrogens is 579 g/mol. The molecule has 1 aliphatic rings. The van der Waals surface area contributed by atoms with Crippen molar-refractivity contribution in [2.75, 3.05) is 12.3 Å². The van der Waals surface area contributed by atoms with E-state index in [9.17, 15) is 24.8 Å². The minimum absolute atomic E-state index is 0.0953. The first-order valence-corrected chi connectivity index (χ1v) is 15.5. The highest BCUT2D eigenvalue weighted by Gasteiger charge is 2.58. The Morgan fingerprint density at radius 2 is 1.93 bits per heavy atom. The molecule has 2 aromatic heterocycles. The molecule has 0 amide bonds. The summed E-state index contributed by atoms with van der Waals surface area (Å²) < 4.78 is 38.1. The van der Waals surface area contributed by atoms with Gasteiger partial charge < -0.3 is 29.9 Å². The number of carbonyl (C=O) groups is 1. The van der Waals surface area contributed by atoms with Crippen LogP contribution in [0.15, 0.2) is 48.8 Å². The highest BCUT2D eigenvalue weighted by molar-refractivity contribution is 7.52. The summed E-state index contributed by atoms with van der Waals surface area (Å²) in [5.41, 5.74) is 4.28. The molecule has 5 N–H and O–H groups in total. The molecule has 0 bridgehead atoms. The second-order valence-electron chi connectivity index (χ2n) is 10.4. The number of carbonyl (C=O) groups excluding carboxylic acids is 1. The van der Waals surface area contributed by atoms with Gasteiger partial charge >= 0.3 is 13.7 Å². The normalized spacial score (nSPS) is 24.7. The number of benzene rings is 1. The van der Waals surface area contributed by atoms with Crippen molar-refractivity contribution in [2.45, 2.75) is 76.6 Å². The third-order valence-corrected chi connectivity index (χ3v) is 9.23. The van der Waals surface area contributed by atoms with Crippen LogP contribution in [0.2, 0.25) is 0 Å². The molecule has 2 unspecified atom stereocenters. The number of nitriles is 1. The largest absolute Gasteiger partial charge is 0.461 e. The summed E-state index contributed by atoms with van der Waals surface area (Å²) in [7, 11) is -4.34. The van der Waals surface area contributed by atoms with Crippen molar-refractivity contribution >= 4 is 25.1 Å². The number of esters is 1. The van der Waals surface area contributed by atoms with Gasteiger partial charge in [0.2, 0.25) is 5.60 Å². The molecule has 4 rings (SSSR count). The minimum atomic E-state index is -4.34. The Hall–Kier alpha value is -3.57. The van der Waals surface area contributed by atoms with Crippen LogP contribution in [-0.2, 0) is 29.0 Å². The standard InChI is InChI=1S/C28H37N6O8P/c1-5-19(6-2)18(4)40-27(37)17(3)33-43(38,42-20-10-8-7-9-11-20)39-14-22-24(35)25(36)28(15-29,41-22)23-13-12-21-26(30)31-16-32-34(21)23/h7-13,16-19,22,24-25,35-36H,5-6,14H2,1-4H3,(H,33,38)(H2,30,31,32)/t17-,18?,22+,24+,25+,28-,43?/m0/s1. The quantitative estimate of drug-likeness (QED) is 0.161. The molecule has 0 saturated carbocycles. The maximum absolute atomic E-state index is 14.0. The van der Waals surface area contributed by atoms with Gasteiger partial charge in [0.25, 0.3) is 0 Å². The first-order chi connectivity index (χ1) is 20.5. The highest BCUT2D eigenvalue weighted by atomic mass is 31.2. The van der Waals surface area contributed by atoms with E-state index in [1.54, 1.807) is 43.3 Å². The van der Waals surface area contributed by atoms with Crippen molar-refractivity contribution in [1.29, 1.82) is 5.26 Å². The molecule has 1 aromatic carbocycles. The summed E-state index contributed by atoms with van der Waals surface area (Å²) in [6.45, 7) is 6.69. The fourth-order valence-electron chi connectivity index (χ4n) is 5.06. The zero-order valence-corrected chi connectivity index (χ0v) is 25.3. The van der Waals surface area contributed by atoms with Gasteiger partial charge in [-0.2, -0.15) is 15.4 Å². The smallest absolute Gasteiger partial charge is 0.459 e. The average Bonchev–Trinajstić information content (AvgIpc) is 3.53. The lowest BCUT2D eigenvalue weighted by atomic mass is 9.92. The van der Waals surface area contributed by atoms with Crippen molar-refractivity contribution in [3.63, 3.8) is 0 Å². The number of nitrogens with one attached hydrogen (secondary N) is 1. The molecule has 1 saturated heterocycles. The fourth-order valence-corrected chi connectivity index (χ4v) is 6.56. The number of fused-ring (bicyclic) bond motifs is 1. The molecule has 0 radical (unpaired) electrons. The lowest BCUT2D eigenvalue weighted by Gasteiger charge is -2.27. The predicted octanol–water partition coefficient (Wildman–Crippen LogP) is 2.70. The van der Waals surface area contributed by atoms with Crippen molar-refractivity contribution in [1.82, 2.24) is 19.7 Å². The molecule has 0 spiro atoms. The Morgan fingerprint density at radius 1 is 1.23 bits per heavy atom. The van der Waals surface area contributed by atoms with E-state index in [1.165, 1.54) is 23.8 Å². The summed E-state index contributed by atoms with van der Waals surface area (Å²) in [5.74, 6) is -0.180. The molecule has 232 valence electrons. The fraction of sp³-hybridized carbons (Fsp3) is 0.500. The SMILES string of the molecule is CCC(CC)C(C)OC(=O)[C@H](C)NP(=O)(OC[C@H]1O[C@@](C#N)(c2ccc3c(N)ncnn23)[C@H](O)[C@@H]1O)Oc1ccccc1. The summed E-state index contributed by atoms with van der Waals surface area (Å²) >= 11 is 0. The van der Waals surface area contributed by atoms with Gasteiger partial charge in [-0.1, -0.05) is 32.0 Å². The Morgan fingerprint density at radius 3 is 2.58 bits per heavy atom. The molecule has 14 nitrogen and oxygen atoms in total. The zero-order valence-electron chi connectivity index (χ0n) is 24.4. The monoisotopic (exact) mass is 616 g/mol. The van der Waals surface area contributed by atoms with Crippen molar-refractivity contribution in [3.8, 4) is 11.8 Å². The highest BCUT2D eigenvalue weighted by Crippen LogP contribution is 2.47. The van der Waals surface area contributed by atoms with Crippen molar-refractivity contribution < 1.29 is 38.1 Å². The van der Waals surface area contributed by atoms with E-state index in [-0.39, 0.29) is 29.3 Å². The molecule has 3 aromatic rings. The molecular formula is C28H37N6O8P. The van der Waals surface area contributed by atoms with Gasteiger partial charge in [-0.3, -0.25) is 9.32 Å². The number of hydrogen-bond acceptors (Lipinski definition) is 12. The Labute approximate surface area is 249 Å². The molecule has 3 heterocycles. The van der Waals surface area contributed by atoms with Crippen molar-refractivity contribution in [3.05, 3.63) is 54.5 Å². The second-order valence-corrected chi connectivity index (χ2v) is 12.1. The number of aliphatic hydroxyl groups excluding tert-OH is 2. The van der Waals surface area contributed by atoms with Gasteiger partial charge in [0.15, 0.2) is 5.82 Å². The van der Waals surface area contributed by atoms with Crippen LogP contribution in [0.3, 0.4) is 0 Å². The zero-order chi connectivity index (χ0) is 31.4. The van der Waals surface area contributed by atoms with Crippen LogP contribution in [-0.4, -0.2) is 67.8 Å². The van der Waals surface area contributed by atoms with E-state index >= 15 is 0 Å². The average molecular weight is 617 g/mol. The van der Waals surface area contributed by atoms with E-state index < -0.39 is 50.3 Å². The summed E-state index contributed by atoms with van der Waals surface area (Å²) in [4.78, 5) is 16.8. The maximum atomic E-state index is 14.0. The Balaban J connectivity index is 1.54. The summed E-state index contributed by atoms with van der Waals surface area (Å²) in [5, 5.41) is 38.8. The van der Waals surface area contributed by atoms with Gasteiger partial charge in [-0.25, -0.2) is 14.1 Å². The van der Waals surface area contributed by atoms with E-state index in [4.69, 9.17) is 24.3 Å². The van der Waals surface area contributed by atoms with E-state index in [1.807, 2.05) is 19.9 Å². The number of nitrogens with two attached hydrogens (primary N) is 1. The molecule has 15 heteroatoms. The Kier molecular flexibility index (Phi) is 10.1. The van der Waals surface area contributed by atoms with Crippen molar-refractivity contribution in [2.24, 2.45) is 5.92 Å². The molecule has 43 heavy (non-hydrogen) atoms. The number of rotatable bonds is 13. The predicted molar refractivity (Wildman–Crippen MR) is 154 cm³/mol. The van der Waals surface area contributed by atoms with Gasteiger partial charge in [-0.05, 0) is 56.9 Å². The molecule has 1 aliphatic heterocycles. The van der Waals surface area contributed by atoms with E-state index in [0.29, 0.717) is 5.52 Å². The van der Waals surface area contributed by atoms with Gasteiger partial charge in [0.05, 0.1) is 12.3 Å². The van der Waals surface area contributed by atoms with Gasteiger partial charge in [-0.15, -0.1) is 0 Å². The lowest BCUT2D eigenvalue weighted by molar-refractivity contribution is -0.152. The van der Waals surface area contributed by atoms with Crippen LogP contribution >= 0.6 is 7.75 Å². The van der Waals surface area contributed by atoms with Gasteiger partial charge in [0, 0.05) is 0 Å². The number of aromatic nitrogens is 3. The first kappa shape index (κ1) is 32.3. The number of para-hydroxylation sites is 1. The minimum Gasteiger partial charge on any atom is -0.461 e. The number of nitrogen functional groups attached to an aromatic ring is 1. The first-order valence-electron chi connectivity index (χ1n) is 14.0. The van der Waals surface area contributed by atoms with Crippen LogP contribution in [0.4, 0.5) is 5.82 Å². The molecule has 7 atom stereocenters. The third-order valence-electron chi connectivity index (χ3n) is 7.58. The van der Waals surface area contributed by atoms with Crippen LogP contribution < -0.4 is 15.3 Å². The summed E-state index contributed by atoms with van der Waals surface area (Å²) in [6, 6.07) is 12.0. The van der Waals surface area contributed by atoms with E-state index in [2.05, 4.69) is 15.2 Å². The number of anilines is 1. The number of nitrogens with zero attached hydrogens (tertiary/aromatic N) is 4. The van der Waals surface area contributed by atoms with Crippen LogP contribution in [0.1, 0.15) is 46.2 Å². The number of aliphatic hydroxyl groups is 2. The number of hydrogen-bond donors (Lipinski definition) is 4. The third kappa shape index (κ3) is 6.67. The van der Waals surface area contributed by atoms with Crippen LogP contribution in [0, 0.1) is 17.2 Å². The maximum Gasteiger partial charge on any atom is 0.459 e. The molecule has 1 fully saturated rings. The topological polar surface area (TPSA) is 204 Å². The Bertz CT molecular complexity index is 1500. The summed E-state index contributed by atoms with van der Waals surface area (Å²) in [6.07, 6.45) is -2.27. The molecule has 0 aliphatic carbocycles. The number of ether oxygens (including phenoxy) is 2. The van der Waals surface area contributed by atoms with Crippen LogP contribution in [0.25, 0.3) is 5.52 Å². The second kappa shape index (κ2) is 13.4. The van der Waals surface area contributed by atoms with Crippen LogP contribution in [0.5, 0.6) is 5.75 Å². The van der Waals surface area contributed by atoms with Gasteiger partial charge in [0.1, 0.15) is 54.1 Å². The lowest BCUT2D eigenvalue weighted by Crippen LogP contribution is -2.41.